The van der Waals surface area contributed by atoms with Crippen LogP contribution in [-0.4, -0.2) is 70.8 Å². The van der Waals surface area contributed by atoms with Gasteiger partial charge in [0.2, 0.25) is 11.8 Å². The van der Waals surface area contributed by atoms with E-state index in [0.717, 1.165) is 40.9 Å². The average Bonchev–Trinajstić information content (AvgIpc) is 3.07. The van der Waals surface area contributed by atoms with Gasteiger partial charge < -0.3 is 14.5 Å². The molecule has 3 rings (SSSR count). The Labute approximate surface area is 180 Å². The van der Waals surface area contributed by atoms with Gasteiger partial charge in [-0.1, -0.05) is 19.3 Å². The van der Waals surface area contributed by atoms with Gasteiger partial charge in [0.1, 0.15) is 0 Å². The molecule has 7 nitrogen and oxygen atoms in total. The molecule has 0 N–H and O–H groups in total. The van der Waals surface area contributed by atoms with E-state index in [1.54, 1.807) is 11.8 Å². The van der Waals surface area contributed by atoms with Gasteiger partial charge in [0.15, 0.2) is 5.65 Å². The summed E-state index contributed by atoms with van der Waals surface area (Å²) in [7, 11) is 7.62. The summed E-state index contributed by atoms with van der Waals surface area (Å²) in [6.07, 6.45) is 7.79. The topological polar surface area (TPSA) is 63.5 Å². The smallest absolute Gasteiger partial charge is 0.242 e. The van der Waals surface area contributed by atoms with Crippen LogP contribution in [0.25, 0.3) is 11.0 Å². The molecular weight excluding hydrogens is 378 g/mol. The molecule has 1 amide bonds. The van der Waals surface area contributed by atoms with Gasteiger partial charge in [-0.05, 0) is 51.3 Å². The Hall–Kier alpha value is -2.15. The number of fused-ring (bicyclic) bond motifs is 1. The molecule has 2 aromatic heterocycles. The van der Waals surface area contributed by atoms with E-state index in [1.807, 2.05) is 25.9 Å². The lowest BCUT2D eigenvalue weighted by Crippen LogP contribution is -2.40. The zero-order valence-electron chi connectivity index (χ0n) is 19.5. The molecule has 1 fully saturated rings. The minimum atomic E-state index is 0.184. The van der Waals surface area contributed by atoms with Crippen LogP contribution in [0, 0.1) is 13.8 Å². The highest BCUT2D eigenvalue weighted by Gasteiger charge is 2.21. The summed E-state index contributed by atoms with van der Waals surface area (Å²) in [4.78, 5) is 21.8. The monoisotopic (exact) mass is 415 g/mol. The molecule has 0 aromatic carbocycles. The summed E-state index contributed by atoms with van der Waals surface area (Å²) < 4.78 is 7.19. The first-order valence-corrected chi connectivity index (χ1v) is 11.1. The van der Waals surface area contributed by atoms with E-state index in [2.05, 4.69) is 24.0 Å². The van der Waals surface area contributed by atoms with Crippen LogP contribution in [0.4, 0.5) is 0 Å². The van der Waals surface area contributed by atoms with Crippen molar-refractivity contribution in [1.82, 2.24) is 24.6 Å². The number of nitrogens with zero attached hydrogens (tertiary/aromatic N) is 5. The van der Waals surface area contributed by atoms with E-state index >= 15 is 0 Å². The highest BCUT2D eigenvalue weighted by atomic mass is 16.5. The number of likely N-dealkylation sites (N-methyl/N-ethyl adjacent to an activating group) is 2. The van der Waals surface area contributed by atoms with Crippen LogP contribution in [0.1, 0.15) is 55.3 Å². The molecule has 1 saturated carbocycles. The summed E-state index contributed by atoms with van der Waals surface area (Å²) in [5, 5.41) is 5.35. The van der Waals surface area contributed by atoms with Gasteiger partial charge in [0.05, 0.1) is 12.5 Å². The number of hydrogen-bond donors (Lipinski definition) is 0. The normalized spacial score (nSPS) is 15.2. The van der Waals surface area contributed by atoms with Crippen molar-refractivity contribution in [3.8, 4) is 5.88 Å². The summed E-state index contributed by atoms with van der Waals surface area (Å²) in [5.74, 6) is 0.775. The standard InChI is InChI=1S/C23H37N5O2/c1-16-19(17(2)24-22-21(16)23(30-6)25-28(22)5)12-13-20(29)27(4)15-14-26(3)18-10-8-7-9-11-18/h18H,7-15H2,1-6H3. The molecule has 30 heavy (non-hydrogen) atoms. The number of rotatable bonds is 8. The minimum absolute atomic E-state index is 0.184. The highest BCUT2D eigenvalue weighted by molar-refractivity contribution is 5.86. The first-order valence-electron chi connectivity index (χ1n) is 11.1. The summed E-state index contributed by atoms with van der Waals surface area (Å²) >= 11 is 0. The number of pyridine rings is 1. The van der Waals surface area contributed by atoms with E-state index in [4.69, 9.17) is 9.72 Å². The third-order valence-corrected chi connectivity index (χ3v) is 6.72. The molecule has 1 aliphatic carbocycles. The van der Waals surface area contributed by atoms with Crippen LogP contribution in [0.5, 0.6) is 5.88 Å². The van der Waals surface area contributed by atoms with Gasteiger partial charge in [-0.3, -0.25) is 4.79 Å². The molecule has 0 aliphatic heterocycles. The van der Waals surface area contributed by atoms with Crippen LogP contribution >= 0.6 is 0 Å². The second-order valence-corrected chi connectivity index (χ2v) is 8.72. The van der Waals surface area contributed by atoms with Gasteiger partial charge in [0, 0.05) is 45.3 Å². The Bertz CT molecular complexity index is 886. The van der Waals surface area contributed by atoms with Crippen molar-refractivity contribution in [2.45, 2.75) is 64.8 Å². The Balaban J connectivity index is 1.60. The van der Waals surface area contributed by atoms with Crippen LogP contribution in [-0.2, 0) is 18.3 Å². The lowest BCUT2D eigenvalue weighted by molar-refractivity contribution is -0.130. The maximum atomic E-state index is 12.8. The highest BCUT2D eigenvalue weighted by Crippen LogP contribution is 2.30. The third-order valence-electron chi connectivity index (χ3n) is 6.72. The third kappa shape index (κ3) is 4.77. The summed E-state index contributed by atoms with van der Waals surface area (Å²) in [6, 6.07) is 0.680. The average molecular weight is 416 g/mol. The maximum Gasteiger partial charge on any atom is 0.242 e. The first-order chi connectivity index (χ1) is 14.3. The molecule has 1 aliphatic rings. The lowest BCUT2D eigenvalue weighted by atomic mass is 9.94. The maximum absolute atomic E-state index is 12.8. The van der Waals surface area contributed by atoms with Crippen LogP contribution < -0.4 is 4.74 Å². The molecule has 2 aromatic rings. The molecule has 0 saturated heterocycles. The van der Waals surface area contributed by atoms with Gasteiger partial charge >= 0.3 is 0 Å². The van der Waals surface area contributed by atoms with Crippen molar-refractivity contribution in [3.05, 3.63) is 16.8 Å². The zero-order valence-corrected chi connectivity index (χ0v) is 19.5. The summed E-state index contributed by atoms with van der Waals surface area (Å²) in [6.45, 7) is 5.79. The second-order valence-electron chi connectivity index (χ2n) is 8.72. The van der Waals surface area contributed by atoms with Gasteiger partial charge in [-0.25, -0.2) is 9.67 Å². The van der Waals surface area contributed by atoms with Crippen molar-refractivity contribution in [3.63, 3.8) is 0 Å². The molecule has 2 heterocycles. The predicted octanol–water partition coefficient (Wildman–Crippen LogP) is 3.25. The quantitative estimate of drug-likeness (QED) is 0.662. The molecule has 0 radical (unpaired) electrons. The number of amides is 1. The van der Waals surface area contributed by atoms with Crippen LogP contribution in [0.3, 0.4) is 0 Å². The summed E-state index contributed by atoms with van der Waals surface area (Å²) in [5.41, 5.74) is 4.00. The Morgan fingerprint density at radius 3 is 2.53 bits per heavy atom. The fourth-order valence-corrected chi connectivity index (χ4v) is 4.67. The molecule has 0 bridgehead atoms. The Kier molecular flexibility index (Phi) is 7.34. The van der Waals surface area contributed by atoms with Crippen LogP contribution in [0.2, 0.25) is 0 Å². The number of aromatic nitrogens is 3. The molecule has 0 atom stereocenters. The molecule has 7 heteroatoms. The van der Waals surface area contributed by atoms with Crippen molar-refractivity contribution in [2.75, 3.05) is 34.3 Å². The van der Waals surface area contributed by atoms with Gasteiger partial charge in [0.25, 0.3) is 0 Å². The van der Waals surface area contributed by atoms with Crippen molar-refractivity contribution >= 4 is 16.9 Å². The van der Waals surface area contributed by atoms with Crippen LogP contribution in [0.15, 0.2) is 0 Å². The predicted molar refractivity (Wildman–Crippen MR) is 120 cm³/mol. The number of aryl methyl sites for hydroxylation is 3. The van der Waals surface area contributed by atoms with E-state index in [0.29, 0.717) is 24.8 Å². The molecule has 0 spiro atoms. The lowest BCUT2D eigenvalue weighted by Gasteiger charge is -2.32. The zero-order chi connectivity index (χ0) is 21.8. The van der Waals surface area contributed by atoms with Gasteiger partial charge in [-0.2, -0.15) is 0 Å². The Morgan fingerprint density at radius 2 is 1.87 bits per heavy atom. The Morgan fingerprint density at radius 1 is 1.17 bits per heavy atom. The van der Waals surface area contributed by atoms with Gasteiger partial charge in [-0.15, -0.1) is 5.10 Å². The largest absolute Gasteiger partial charge is 0.479 e. The van der Waals surface area contributed by atoms with E-state index in [1.165, 1.54) is 32.1 Å². The fourth-order valence-electron chi connectivity index (χ4n) is 4.67. The number of hydrogen-bond acceptors (Lipinski definition) is 5. The van der Waals surface area contributed by atoms with Crippen molar-refractivity contribution in [1.29, 1.82) is 0 Å². The number of carbonyl (C=O) groups is 1. The van der Waals surface area contributed by atoms with E-state index in [9.17, 15) is 4.79 Å². The molecular formula is C23H37N5O2. The minimum Gasteiger partial charge on any atom is -0.479 e. The number of ether oxygens (including phenoxy) is 1. The second kappa shape index (κ2) is 9.77. The van der Waals surface area contributed by atoms with E-state index in [-0.39, 0.29) is 5.91 Å². The van der Waals surface area contributed by atoms with E-state index < -0.39 is 0 Å². The SMILES string of the molecule is COc1nn(C)c2nc(C)c(CCC(=O)N(C)CCN(C)C3CCCCC3)c(C)c12. The van der Waals surface area contributed by atoms with Crippen molar-refractivity contribution < 1.29 is 9.53 Å². The first kappa shape index (κ1) is 22.5. The number of methoxy groups -OCH3 is 1. The molecule has 166 valence electrons. The van der Waals surface area contributed by atoms with Crippen molar-refractivity contribution in [2.24, 2.45) is 7.05 Å². The number of carbonyl (C=O) groups excluding carboxylic acids is 1. The fraction of sp³-hybridized carbons (Fsp3) is 0.696. The molecule has 0 unspecified atom stereocenters.